The topological polar surface area (TPSA) is 62.3 Å². The second-order valence-corrected chi connectivity index (χ2v) is 6.82. The van der Waals surface area contributed by atoms with Crippen molar-refractivity contribution < 1.29 is 13.9 Å². The summed E-state index contributed by atoms with van der Waals surface area (Å²) in [4.78, 5) is 4.81. The highest BCUT2D eigenvalue weighted by Gasteiger charge is 2.25. The Morgan fingerprint density at radius 2 is 1.96 bits per heavy atom. The summed E-state index contributed by atoms with van der Waals surface area (Å²) >= 11 is 0. The first kappa shape index (κ1) is 17.8. The Morgan fingerprint density at radius 3 is 2.67 bits per heavy atom. The molecule has 0 N–H and O–H groups in total. The van der Waals surface area contributed by atoms with Gasteiger partial charge in [0.1, 0.15) is 11.5 Å². The van der Waals surface area contributed by atoms with Gasteiger partial charge in [-0.25, -0.2) is 9.67 Å². The third-order valence-electron chi connectivity index (χ3n) is 4.91. The van der Waals surface area contributed by atoms with Crippen molar-refractivity contribution in [3.05, 3.63) is 42.2 Å². The SMILES string of the molecule is CCCCn1nc(C2CCOC2)nc1-c1ccc(-c2ccc(OC)cc2)o1. The Morgan fingerprint density at radius 1 is 1.15 bits per heavy atom. The first-order valence-electron chi connectivity index (χ1n) is 9.55. The van der Waals surface area contributed by atoms with E-state index in [1.54, 1.807) is 7.11 Å². The molecular weight excluding hydrogens is 342 g/mol. The molecule has 1 aliphatic heterocycles. The maximum absolute atomic E-state index is 6.13. The highest BCUT2D eigenvalue weighted by atomic mass is 16.5. The fraction of sp³-hybridized carbons (Fsp3) is 0.429. The molecule has 1 atom stereocenters. The number of nitrogens with zero attached hydrogens (tertiary/aromatic N) is 3. The van der Waals surface area contributed by atoms with Crippen LogP contribution in [0.5, 0.6) is 5.75 Å². The van der Waals surface area contributed by atoms with Gasteiger partial charge in [-0.05, 0) is 49.2 Å². The van der Waals surface area contributed by atoms with Crippen LogP contribution in [-0.2, 0) is 11.3 Å². The second kappa shape index (κ2) is 7.96. The van der Waals surface area contributed by atoms with Crippen LogP contribution in [0.15, 0.2) is 40.8 Å². The maximum Gasteiger partial charge on any atom is 0.194 e. The van der Waals surface area contributed by atoms with Crippen LogP contribution >= 0.6 is 0 Å². The van der Waals surface area contributed by atoms with Crippen molar-refractivity contribution in [2.24, 2.45) is 0 Å². The summed E-state index contributed by atoms with van der Waals surface area (Å²) in [6.07, 6.45) is 3.14. The van der Waals surface area contributed by atoms with E-state index in [0.29, 0.717) is 6.61 Å². The zero-order valence-corrected chi connectivity index (χ0v) is 15.9. The zero-order chi connectivity index (χ0) is 18.6. The first-order valence-corrected chi connectivity index (χ1v) is 9.55. The molecule has 4 rings (SSSR count). The number of hydrogen-bond donors (Lipinski definition) is 0. The van der Waals surface area contributed by atoms with E-state index >= 15 is 0 Å². The lowest BCUT2D eigenvalue weighted by Gasteiger charge is -2.03. The molecule has 0 spiro atoms. The molecule has 1 unspecified atom stereocenters. The first-order chi connectivity index (χ1) is 13.3. The van der Waals surface area contributed by atoms with E-state index in [2.05, 4.69) is 6.92 Å². The van der Waals surface area contributed by atoms with Crippen molar-refractivity contribution in [1.29, 1.82) is 0 Å². The molecule has 6 heteroatoms. The van der Waals surface area contributed by atoms with Gasteiger partial charge in [0, 0.05) is 24.6 Å². The summed E-state index contributed by atoms with van der Waals surface area (Å²) in [6.45, 7) is 4.50. The van der Waals surface area contributed by atoms with Gasteiger partial charge >= 0.3 is 0 Å². The van der Waals surface area contributed by atoms with E-state index < -0.39 is 0 Å². The number of hydrogen-bond acceptors (Lipinski definition) is 5. The molecular formula is C21H25N3O3. The molecule has 6 nitrogen and oxygen atoms in total. The van der Waals surface area contributed by atoms with E-state index in [1.165, 1.54) is 0 Å². The number of aryl methyl sites for hydroxylation is 1. The molecule has 0 aliphatic carbocycles. The van der Waals surface area contributed by atoms with Crippen molar-refractivity contribution in [2.45, 2.75) is 38.6 Å². The molecule has 0 radical (unpaired) electrons. The molecule has 0 saturated carbocycles. The van der Waals surface area contributed by atoms with Crippen LogP contribution in [0, 0.1) is 0 Å². The number of unbranched alkanes of at least 4 members (excludes halogenated alkanes) is 1. The number of benzene rings is 1. The predicted octanol–water partition coefficient (Wildman–Crippen LogP) is 4.52. The summed E-state index contributed by atoms with van der Waals surface area (Å²) in [6, 6.07) is 11.8. The van der Waals surface area contributed by atoms with Gasteiger partial charge < -0.3 is 13.9 Å². The molecule has 1 aromatic carbocycles. The van der Waals surface area contributed by atoms with E-state index in [4.69, 9.17) is 24.0 Å². The quantitative estimate of drug-likeness (QED) is 0.614. The van der Waals surface area contributed by atoms with Gasteiger partial charge in [0.05, 0.1) is 13.7 Å². The van der Waals surface area contributed by atoms with Gasteiger partial charge in [-0.15, -0.1) is 0 Å². The van der Waals surface area contributed by atoms with E-state index in [9.17, 15) is 0 Å². The average molecular weight is 367 g/mol. The minimum Gasteiger partial charge on any atom is -0.497 e. The summed E-state index contributed by atoms with van der Waals surface area (Å²) in [5.74, 6) is 4.32. The van der Waals surface area contributed by atoms with Gasteiger partial charge in [0.2, 0.25) is 0 Å². The zero-order valence-electron chi connectivity index (χ0n) is 15.9. The van der Waals surface area contributed by atoms with Gasteiger partial charge in [-0.2, -0.15) is 5.10 Å². The smallest absolute Gasteiger partial charge is 0.194 e. The van der Waals surface area contributed by atoms with Crippen LogP contribution in [0.25, 0.3) is 22.9 Å². The molecule has 0 bridgehead atoms. The molecule has 0 amide bonds. The lowest BCUT2D eigenvalue weighted by atomic mass is 10.1. The lowest BCUT2D eigenvalue weighted by molar-refractivity contribution is 0.193. The molecule has 1 saturated heterocycles. The molecule has 142 valence electrons. The number of furan rings is 1. The molecule has 1 fully saturated rings. The molecule has 1 aliphatic rings. The predicted molar refractivity (Wildman–Crippen MR) is 103 cm³/mol. The number of methoxy groups -OCH3 is 1. The number of ether oxygens (including phenoxy) is 2. The third-order valence-corrected chi connectivity index (χ3v) is 4.91. The standard InChI is InChI=1S/C21H25N3O3/c1-3-4-12-24-21(22-20(23-24)16-11-13-26-14-16)19-10-9-18(27-19)15-5-7-17(25-2)8-6-15/h5-10,16H,3-4,11-14H2,1-2H3. The van der Waals surface area contributed by atoms with Crippen LogP contribution in [0.4, 0.5) is 0 Å². The van der Waals surface area contributed by atoms with Crippen LogP contribution in [0.1, 0.15) is 37.9 Å². The van der Waals surface area contributed by atoms with E-state index in [0.717, 1.165) is 66.9 Å². The number of aromatic nitrogens is 3. The number of rotatable bonds is 7. The Labute approximate surface area is 159 Å². The molecule has 2 aromatic heterocycles. The molecule has 27 heavy (non-hydrogen) atoms. The van der Waals surface area contributed by atoms with Crippen molar-refractivity contribution in [2.75, 3.05) is 20.3 Å². The van der Waals surface area contributed by atoms with Crippen molar-refractivity contribution in [3.63, 3.8) is 0 Å². The molecule has 3 heterocycles. The summed E-state index contributed by atoms with van der Waals surface area (Å²) in [5.41, 5.74) is 1.01. The fourth-order valence-corrected chi connectivity index (χ4v) is 3.29. The maximum atomic E-state index is 6.13. The highest BCUT2D eigenvalue weighted by Crippen LogP contribution is 2.31. The molecule has 3 aromatic rings. The summed E-state index contributed by atoms with van der Waals surface area (Å²) < 4.78 is 18.8. The summed E-state index contributed by atoms with van der Waals surface area (Å²) in [7, 11) is 1.66. The van der Waals surface area contributed by atoms with Crippen LogP contribution in [-0.4, -0.2) is 35.1 Å². The van der Waals surface area contributed by atoms with Crippen LogP contribution in [0.3, 0.4) is 0 Å². The Hall–Kier alpha value is -2.60. The Bertz CT molecular complexity index is 876. The fourth-order valence-electron chi connectivity index (χ4n) is 3.29. The van der Waals surface area contributed by atoms with E-state index in [-0.39, 0.29) is 5.92 Å². The van der Waals surface area contributed by atoms with Gasteiger partial charge in [-0.3, -0.25) is 0 Å². The van der Waals surface area contributed by atoms with Gasteiger partial charge in [0.15, 0.2) is 17.4 Å². The van der Waals surface area contributed by atoms with Crippen molar-refractivity contribution in [1.82, 2.24) is 14.8 Å². The van der Waals surface area contributed by atoms with Crippen molar-refractivity contribution in [3.8, 4) is 28.7 Å². The highest BCUT2D eigenvalue weighted by molar-refractivity contribution is 5.62. The largest absolute Gasteiger partial charge is 0.497 e. The average Bonchev–Trinajstić information content (AvgIpc) is 3.46. The minimum absolute atomic E-state index is 0.280. The second-order valence-electron chi connectivity index (χ2n) is 6.82. The van der Waals surface area contributed by atoms with E-state index in [1.807, 2.05) is 41.1 Å². The third kappa shape index (κ3) is 3.76. The van der Waals surface area contributed by atoms with Crippen LogP contribution in [0.2, 0.25) is 0 Å². The normalized spacial score (nSPS) is 16.7. The Kier molecular flexibility index (Phi) is 5.25. The van der Waals surface area contributed by atoms with Gasteiger partial charge in [-0.1, -0.05) is 13.3 Å². The Balaban J connectivity index is 1.64. The van der Waals surface area contributed by atoms with Gasteiger partial charge in [0.25, 0.3) is 0 Å². The lowest BCUT2D eigenvalue weighted by Crippen LogP contribution is -2.04. The van der Waals surface area contributed by atoms with Crippen LogP contribution < -0.4 is 4.74 Å². The minimum atomic E-state index is 0.280. The van der Waals surface area contributed by atoms with Crippen molar-refractivity contribution >= 4 is 0 Å². The monoisotopic (exact) mass is 367 g/mol. The summed E-state index contributed by atoms with van der Waals surface area (Å²) in [5, 5.41) is 4.76.